The first kappa shape index (κ1) is 21.9. The molecule has 0 aromatic heterocycles. The van der Waals surface area contributed by atoms with E-state index in [1.807, 2.05) is 72.8 Å². The van der Waals surface area contributed by atoms with Crippen molar-refractivity contribution in [1.29, 1.82) is 0 Å². The predicted octanol–water partition coefficient (Wildman–Crippen LogP) is 4.10. The minimum atomic E-state index is -0.885. The van der Waals surface area contributed by atoms with E-state index in [0.717, 1.165) is 16.9 Å². The highest BCUT2D eigenvalue weighted by Gasteiger charge is 2.17. The summed E-state index contributed by atoms with van der Waals surface area (Å²) in [6.07, 6.45) is -0.171. The zero-order chi connectivity index (χ0) is 21.9. The van der Waals surface area contributed by atoms with Crippen molar-refractivity contribution in [3.8, 4) is 5.75 Å². The molecule has 0 radical (unpaired) electrons. The average molecular weight is 418 g/mol. The van der Waals surface area contributed by atoms with E-state index in [4.69, 9.17) is 9.47 Å². The van der Waals surface area contributed by atoms with Gasteiger partial charge in [-0.3, -0.25) is 4.79 Å². The van der Waals surface area contributed by atoms with Gasteiger partial charge in [-0.2, -0.15) is 0 Å². The van der Waals surface area contributed by atoms with Gasteiger partial charge in [-0.15, -0.1) is 0 Å². The molecule has 0 saturated heterocycles. The van der Waals surface area contributed by atoms with Crippen molar-refractivity contribution in [2.45, 2.75) is 19.4 Å². The molecule has 6 heteroatoms. The van der Waals surface area contributed by atoms with Gasteiger partial charge in [-0.1, -0.05) is 48.5 Å². The largest absolute Gasteiger partial charge is 0.482 e. The molecule has 1 amide bonds. The number of carbonyl (C=O) groups excluding carboxylic acids is 2. The van der Waals surface area contributed by atoms with Crippen LogP contribution in [-0.4, -0.2) is 31.1 Å². The summed E-state index contributed by atoms with van der Waals surface area (Å²) in [6, 6.07) is 26.9. The van der Waals surface area contributed by atoms with Gasteiger partial charge in [0.15, 0.2) is 12.7 Å². The second-order valence-electron chi connectivity index (χ2n) is 6.96. The van der Waals surface area contributed by atoms with E-state index < -0.39 is 12.1 Å². The fourth-order valence-electron chi connectivity index (χ4n) is 2.87. The van der Waals surface area contributed by atoms with Crippen molar-refractivity contribution in [3.63, 3.8) is 0 Å². The molecule has 0 saturated carbocycles. The standard InChI is InChI=1S/C25H26N2O4/c1-19(25(29)26-17-16-20-8-4-2-5-9-20)31-24(28)18-30-23-14-12-22(13-15-23)27-21-10-6-3-7-11-21/h2-15,19,27H,16-18H2,1H3,(H,26,29)/t19-/m1/s1. The molecule has 6 nitrogen and oxygen atoms in total. The van der Waals surface area contributed by atoms with Gasteiger partial charge in [0.05, 0.1) is 0 Å². The van der Waals surface area contributed by atoms with Crippen molar-refractivity contribution in [2.75, 3.05) is 18.5 Å². The summed E-state index contributed by atoms with van der Waals surface area (Å²) < 4.78 is 10.6. The maximum atomic E-state index is 12.1. The quantitative estimate of drug-likeness (QED) is 0.485. The highest BCUT2D eigenvalue weighted by Crippen LogP contribution is 2.19. The van der Waals surface area contributed by atoms with E-state index in [-0.39, 0.29) is 12.5 Å². The second-order valence-corrected chi connectivity index (χ2v) is 6.96. The summed E-state index contributed by atoms with van der Waals surface area (Å²) in [5.74, 6) is -0.395. The maximum absolute atomic E-state index is 12.1. The van der Waals surface area contributed by atoms with Crippen LogP contribution in [0.1, 0.15) is 12.5 Å². The Morgan fingerprint density at radius 1 is 0.839 bits per heavy atom. The van der Waals surface area contributed by atoms with Crippen LogP contribution >= 0.6 is 0 Å². The molecular formula is C25H26N2O4. The van der Waals surface area contributed by atoms with Gasteiger partial charge in [-0.25, -0.2) is 4.79 Å². The monoisotopic (exact) mass is 418 g/mol. The number of ether oxygens (including phenoxy) is 2. The predicted molar refractivity (Wildman–Crippen MR) is 120 cm³/mol. The Morgan fingerprint density at radius 2 is 1.45 bits per heavy atom. The SMILES string of the molecule is C[C@@H](OC(=O)COc1ccc(Nc2ccccc2)cc1)C(=O)NCCc1ccccc1. The van der Waals surface area contributed by atoms with Gasteiger partial charge >= 0.3 is 5.97 Å². The minimum absolute atomic E-state index is 0.271. The molecule has 0 fully saturated rings. The van der Waals surface area contributed by atoms with E-state index in [9.17, 15) is 9.59 Å². The van der Waals surface area contributed by atoms with Crippen molar-refractivity contribution < 1.29 is 19.1 Å². The van der Waals surface area contributed by atoms with Crippen LogP contribution in [0.15, 0.2) is 84.9 Å². The highest BCUT2D eigenvalue weighted by molar-refractivity contribution is 5.83. The Balaban J connectivity index is 1.36. The molecule has 2 N–H and O–H groups in total. The fourth-order valence-corrected chi connectivity index (χ4v) is 2.87. The number of amides is 1. The first-order valence-electron chi connectivity index (χ1n) is 10.2. The smallest absolute Gasteiger partial charge is 0.344 e. The number of carbonyl (C=O) groups is 2. The number of para-hydroxylation sites is 1. The van der Waals surface area contributed by atoms with E-state index in [1.165, 1.54) is 0 Å². The first-order valence-corrected chi connectivity index (χ1v) is 10.2. The Hall–Kier alpha value is -3.80. The zero-order valence-electron chi connectivity index (χ0n) is 17.4. The topological polar surface area (TPSA) is 76.7 Å². The summed E-state index contributed by atoms with van der Waals surface area (Å²) >= 11 is 0. The van der Waals surface area contributed by atoms with Crippen LogP contribution in [0.3, 0.4) is 0 Å². The summed E-state index contributed by atoms with van der Waals surface area (Å²) in [5, 5.41) is 6.04. The summed E-state index contributed by atoms with van der Waals surface area (Å²) in [7, 11) is 0. The molecule has 0 heterocycles. The Labute approximate surface area is 182 Å². The number of rotatable bonds is 10. The van der Waals surface area contributed by atoms with Crippen LogP contribution in [-0.2, 0) is 20.7 Å². The maximum Gasteiger partial charge on any atom is 0.344 e. The van der Waals surface area contributed by atoms with Crippen LogP contribution < -0.4 is 15.4 Å². The van der Waals surface area contributed by atoms with Gasteiger partial charge < -0.3 is 20.1 Å². The molecule has 0 aliphatic rings. The minimum Gasteiger partial charge on any atom is -0.482 e. The second kappa shape index (κ2) is 11.4. The normalized spacial score (nSPS) is 11.3. The lowest BCUT2D eigenvalue weighted by atomic mass is 10.1. The average Bonchev–Trinajstić information content (AvgIpc) is 2.80. The lowest BCUT2D eigenvalue weighted by molar-refractivity contribution is -0.156. The molecule has 3 aromatic rings. The summed E-state index contributed by atoms with van der Waals surface area (Å²) in [4.78, 5) is 24.1. The molecule has 160 valence electrons. The molecule has 1 atom stereocenters. The van der Waals surface area contributed by atoms with E-state index in [1.54, 1.807) is 19.1 Å². The fraction of sp³-hybridized carbons (Fsp3) is 0.200. The van der Waals surface area contributed by atoms with Gasteiger partial charge in [0.1, 0.15) is 5.75 Å². The Bertz CT molecular complexity index is 960. The molecule has 31 heavy (non-hydrogen) atoms. The van der Waals surface area contributed by atoms with Crippen LogP contribution in [0.4, 0.5) is 11.4 Å². The van der Waals surface area contributed by atoms with E-state index in [2.05, 4.69) is 10.6 Å². The first-order chi connectivity index (χ1) is 15.1. The van der Waals surface area contributed by atoms with E-state index >= 15 is 0 Å². The van der Waals surface area contributed by atoms with Crippen LogP contribution in [0.25, 0.3) is 0 Å². The van der Waals surface area contributed by atoms with Crippen molar-refractivity contribution in [1.82, 2.24) is 5.32 Å². The van der Waals surface area contributed by atoms with Crippen molar-refractivity contribution >= 4 is 23.3 Å². The lowest BCUT2D eigenvalue weighted by Crippen LogP contribution is -2.37. The Kier molecular flexibility index (Phi) is 8.05. The molecule has 0 aliphatic carbocycles. The van der Waals surface area contributed by atoms with Gasteiger partial charge in [0.25, 0.3) is 5.91 Å². The molecular weight excluding hydrogens is 392 g/mol. The van der Waals surface area contributed by atoms with Gasteiger partial charge in [-0.05, 0) is 55.3 Å². The van der Waals surface area contributed by atoms with E-state index in [0.29, 0.717) is 18.7 Å². The Morgan fingerprint density at radius 3 is 2.13 bits per heavy atom. The third-order valence-corrected chi connectivity index (χ3v) is 4.51. The van der Waals surface area contributed by atoms with Gasteiger partial charge in [0.2, 0.25) is 0 Å². The molecule has 0 unspecified atom stereocenters. The molecule has 0 aliphatic heterocycles. The number of anilines is 2. The van der Waals surface area contributed by atoms with Crippen LogP contribution in [0.5, 0.6) is 5.75 Å². The third kappa shape index (κ3) is 7.51. The lowest BCUT2D eigenvalue weighted by Gasteiger charge is -2.14. The number of hydrogen-bond acceptors (Lipinski definition) is 5. The zero-order valence-corrected chi connectivity index (χ0v) is 17.4. The molecule has 0 spiro atoms. The summed E-state index contributed by atoms with van der Waals surface area (Å²) in [5.41, 5.74) is 3.02. The molecule has 0 bridgehead atoms. The molecule has 3 aromatic carbocycles. The summed E-state index contributed by atoms with van der Waals surface area (Å²) in [6.45, 7) is 1.75. The number of nitrogens with one attached hydrogen (secondary N) is 2. The molecule has 3 rings (SSSR count). The number of esters is 1. The van der Waals surface area contributed by atoms with Crippen LogP contribution in [0, 0.1) is 0 Å². The van der Waals surface area contributed by atoms with Crippen molar-refractivity contribution in [2.24, 2.45) is 0 Å². The number of benzene rings is 3. The third-order valence-electron chi connectivity index (χ3n) is 4.51. The van der Waals surface area contributed by atoms with Crippen molar-refractivity contribution in [3.05, 3.63) is 90.5 Å². The van der Waals surface area contributed by atoms with Gasteiger partial charge in [0, 0.05) is 17.9 Å². The van der Waals surface area contributed by atoms with Crippen LogP contribution in [0.2, 0.25) is 0 Å². The number of hydrogen-bond donors (Lipinski definition) is 2. The highest BCUT2D eigenvalue weighted by atomic mass is 16.6.